The highest BCUT2D eigenvalue weighted by Crippen LogP contribution is 2.31. The lowest BCUT2D eigenvalue weighted by Gasteiger charge is -2.23. The predicted octanol–water partition coefficient (Wildman–Crippen LogP) is 3.44. The highest BCUT2D eigenvalue weighted by Gasteiger charge is 2.28. The third-order valence-corrected chi connectivity index (χ3v) is 5.89. The zero-order valence-corrected chi connectivity index (χ0v) is 15.5. The van der Waals surface area contributed by atoms with E-state index in [0.717, 1.165) is 8.78 Å². The second-order valence-electron chi connectivity index (χ2n) is 4.53. The maximum Gasteiger partial charge on any atom is 0.266 e. The van der Waals surface area contributed by atoms with Crippen molar-refractivity contribution >= 4 is 60.7 Å². The molecule has 23 heavy (non-hydrogen) atoms. The molecule has 0 aliphatic carbocycles. The molecule has 2 aromatic rings. The van der Waals surface area contributed by atoms with E-state index in [4.69, 9.17) is 28.9 Å². The molecule has 0 aromatic heterocycles. The molecule has 0 unspecified atom stereocenters. The van der Waals surface area contributed by atoms with Gasteiger partial charge in [0.25, 0.3) is 10.0 Å². The number of benzene rings is 2. The third-order valence-electron chi connectivity index (χ3n) is 2.88. The number of primary amides is 1. The summed E-state index contributed by atoms with van der Waals surface area (Å²) in [6.07, 6.45) is 0. The molecule has 0 saturated heterocycles. The van der Waals surface area contributed by atoms with Crippen LogP contribution in [0.3, 0.4) is 0 Å². The molecule has 0 aliphatic rings. The zero-order valence-electron chi connectivity index (χ0n) is 11.5. The quantitative estimate of drug-likeness (QED) is 0.777. The van der Waals surface area contributed by atoms with Gasteiger partial charge in [0.05, 0.1) is 10.7 Å². The van der Waals surface area contributed by atoms with Crippen molar-refractivity contribution < 1.29 is 13.2 Å². The summed E-state index contributed by atoms with van der Waals surface area (Å²) in [6, 6.07) is 10.5. The van der Waals surface area contributed by atoms with Crippen LogP contribution in [-0.4, -0.2) is 20.9 Å². The number of rotatable bonds is 5. The van der Waals surface area contributed by atoms with E-state index in [1.54, 1.807) is 24.3 Å². The Morgan fingerprint density at radius 3 is 2.30 bits per heavy atom. The lowest BCUT2D eigenvalue weighted by molar-refractivity contribution is -0.116. The number of sulfonamides is 1. The van der Waals surface area contributed by atoms with Crippen molar-refractivity contribution in [2.24, 2.45) is 5.73 Å². The van der Waals surface area contributed by atoms with Crippen LogP contribution in [0, 0.1) is 0 Å². The minimum Gasteiger partial charge on any atom is -0.368 e. The van der Waals surface area contributed by atoms with Crippen LogP contribution >= 0.6 is 39.1 Å². The predicted molar refractivity (Wildman–Crippen MR) is 94.3 cm³/mol. The molecule has 0 aliphatic heterocycles. The minimum absolute atomic E-state index is 0.000909. The van der Waals surface area contributed by atoms with E-state index in [-0.39, 0.29) is 20.6 Å². The molecule has 0 radical (unpaired) electrons. The van der Waals surface area contributed by atoms with Crippen molar-refractivity contribution in [1.82, 2.24) is 0 Å². The molecular formula is C14H11BrCl2N2O3S. The number of nitrogens with zero attached hydrogens (tertiary/aromatic N) is 1. The van der Waals surface area contributed by atoms with Crippen molar-refractivity contribution in [3.63, 3.8) is 0 Å². The number of carbonyl (C=O) groups excluding carboxylic acids is 1. The first kappa shape index (κ1) is 18.1. The van der Waals surface area contributed by atoms with Gasteiger partial charge in [-0.2, -0.15) is 0 Å². The van der Waals surface area contributed by atoms with Gasteiger partial charge in [0.1, 0.15) is 11.4 Å². The molecular weight excluding hydrogens is 427 g/mol. The molecule has 2 rings (SSSR count). The molecule has 2 N–H and O–H groups in total. The van der Waals surface area contributed by atoms with Gasteiger partial charge in [0.15, 0.2) is 0 Å². The van der Waals surface area contributed by atoms with Gasteiger partial charge in [-0.05, 0) is 42.5 Å². The van der Waals surface area contributed by atoms with E-state index < -0.39 is 22.5 Å². The maximum absolute atomic E-state index is 12.9. The van der Waals surface area contributed by atoms with Gasteiger partial charge in [-0.15, -0.1) is 0 Å². The summed E-state index contributed by atoms with van der Waals surface area (Å²) in [6.45, 7) is -0.521. The summed E-state index contributed by atoms with van der Waals surface area (Å²) >= 11 is 15.1. The zero-order chi connectivity index (χ0) is 17.2. The average molecular weight is 438 g/mol. The maximum atomic E-state index is 12.9. The van der Waals surface area contributed by atoms with Gasteiger partial charge in [-0.1, -0.05) is 39.1 Å². The van der Waals surface area contributed by atoms with Crippen LogP contribution in [0.15, 0.2) is 51.8 Å². The van der Waals surface area contributed by atoms with E-state index in [1.807, 2.05) is 0 Å². The first-order chi connectivity index (χ1) is 10.7. The second-order valence-corrected chi connectivity index (χ2v) is 8.12. The van der Waals surface area contributed by atoms with Crippen LogP contribution in [0.2, 0.25) is 10.0 Å². The summed E-state index contributed by atoms with van der Waals surface area (Å²) in [4.78, 5) is 11.1. The van der Waals surface area contributed by atoms with E-state index in [2.05, 4.69) is 15.9 Å². The Morgan fingerprint density at radius 2 is 1.74 bits per heavy atom. The fraction of sp³-hybridized carbons (Fsp3) is 0.0714. The molecule has 0 saturated carbocycles. The van der Waals surface area contributed by atoms with Gasteiger partial charge < -0.3 is 5.73 Å². The average Bonchev–Trinajstić information content (AvgIpc) is 2.48. The highest BCUT2D eigenvalue weighted by molar-refractivity contribution is 9.10. The monoisotopic (exact) mass is 436 g/mol. The van der Waals surface area contributed by atoms with Gasteiger partial charge in [0.2, 0.25) is 5.91 Å². The van der Waals surface area contributed by atoms with E-state index in [0.29, 0.717) is 0 Å². The highest BCUT2D eigenvalue weighted by atomic mass is 79.9. The molecule has 122 valence electrons. The number of hydrogen-bond acceptors (Lipinski definition) is 3. The fourth-order valence-electron chi connectivity index (χ4n) is 1.86. The molecule has 0 atom stereocenters. The standard InChI is InChI=1S/C14H11BrCl2N2O3S/c15-9-1-4-11(5-2-9)19(8-14(18)20)23(21,22)13-7-10(16)3-6-12(13)17/h1-7H,8H2,(H2,18,20). The van der Waals surface area contributed by atoms with Crippen molar-refractivity contribution in [3.8, 4) is 0 Å². The second kappa shape index (κ2) is 7.09. The van der Waals surface area contributed by atoms with Crippen LogP contribution in [0.1, 0.15) is 0 Å². The normalized spacial score (nSPS) is 11.3. The Bertz CT molecular complexity index is 842. The Labute approximate surface area is 152 Å². The SMILES string of the molecule is NC(=O)CN(c1ccc(Br)cc1)S(=O)(=O)c1cc(Cl)ccc1Cl. The van der Waals surface area contributed by atoms with Crippen LogP contribution in [0.4, 0.5) is 5.69 Å². The van der Waals surface area contributed by atoms with Crippen molar-refractivity contribution in [3.05, 3.63) is 57.0 Å². The number of anilines is 1. The smallest absolute Gasteiger partial charge is 0.266 e. The summed E-state index contributed by atoms with van der Waals surface area (Å²) in [5.41, 5.74) is 5.47. The van der Waals surface area contributed by atoms with Gasteiger partial charge in [-0.3, -0.25) is 9.10 Å². The number of nitrogens with two attached hydrogens (primary N) is 1. The van der Waals surface area contributed by atoms with E-state index in [9.17, 15) is 13.2 Å². The number of halogens is 3. The van der Waals surface area contributed by atoms with Crippen molar-refractivity contribution in [2.45, 2.75) is 4.90 Å². The molecule has 1 amide bonds. The number of amides is 1. The lowest BCUT2D eigenvalue weighted by atomic mass is 10.3. The molecule has 0 heterocycles. The Balaban J connectivity index is 2.59. The molecule has 0 spiro atoms. The van der Waals surface area contributed by atoms with E-state index >= 15 is 0 Å². The lowest BCUT2D eigenvalue weighted by Crippen LogP contribution is -2.38. The molecule has 2 aromatic carbocycles. The summed E-state index contributed by atoms with van der Waals surface area (Å²) < 4.78 is 27.4. The third kappa shape index (κ3) is 4.17. The topological polar surface area (TPSA) is 80.5 Å². The molecule has 9 heteroatoms. The fourth-order valence-corrected chi connectivity index (χ4v) is 4.29. The van der Waals surface area contributed by atoms with Crippen LogP contribution in [0.5, 0.6) is 0 Å². The summed E-state index contributed by atoms with van der Waals surface area (Å²) in [7, 11) is -4.11. The van der Waals surface area contributed by atoms with E-state index in [1.165, 1.54) is 18.2 Å². The van der Waals surface area contributed by atoms with Gasteiger partial charge in [-0.25, -0.2) is 8.42 Å². The van der Waals surface area contributed by atoms with Crippen molar-refractivity contribution in [2.75, 3.05) is 10.8 Å². The number of hydrogen-bond donors (Lipinski definition) is 1. The summed E-state index contributed by atoms with van der Waals surface area (Å²) in [5.74, 6) is -0.797. The van der Waals surface area contributed by atoms with Gasteiger partial charge >= 0.3 is 0 Å². The molecule has 5 nitrogen and oxygen atoms in total. The Kier molecular flexibility index (Phi) is 5.57. The number of carbonyl (C=O) groups is 1. The molecule has 0 fully saturated rings. The summed E-state index contributed by atoms with van der Waals surface area (Å²) in [5, 5.41) is 0.212. The largest absolute Gasteiger partial charge is 0.368 e. The first-order valence-electron chi connectivity index (χ1n) is 6.23. The Morgan fingerprint density at radius 1 is 1.13 bits per heavy atom. The Hall–Kier alpha value is -1.28. The van der Waals surface area contributed by atoms with Crippen LogP contribution < -0.4 is 10.0 Å². The van der Waals surface area contributed by atoms with Crippen LogP contribution in [-0.2, 0) is 14.8 Å². The first-order valence-corrected chi connectivity index (χ1v) is 9.22. The van der Waals surface area contributed by atoms with Crippen molar-refractivity contribution in [1.29, 1.82) is 0 Å². The van der Waals surface area contributed by atoms with Gasteiger partial charge in [0, 0.05) is 9.50 Å². The van der Waals surface area contributed by atoms with Crippen LogP contribution in [0.25, 0.3) is 0 Å². The molecule has 0 bridgehead atoms. The minimum atomic E-state index is -4.11.